The molecule has 0 heterocycles. The van der Waals surface area contributed by atoms with Gasteiger partial charge in [0.25, 0.3) is 0 Å². The first kappa shape index (κ1) is 65.0. The van der Waals surface area contributed by atoms with Crippen LogP contribution in [0.1, 0.15) is 0 Å². The number of rotatable bonds is 0. The van der Waals surface area contributed by atoms with E-state index in [9.17, 15) is 0 Å². The molecule has 0 aromatic heterocycles. The summed E-state index contributed by atoms with van der Waals surface area (Å²) in [4.78, 5) is 0. The Hall–Kier alpha value is 1.18. The third kappa shape index (κ3) is 10.9. The van der Waals surface area contributed by atoms with Gasteiger partial charge in [0.1, 0.15) is 0 Å². The summed E-state index contributed by atoms with van der Waals surface area (Å²) < 4.78 is 0. The van der Waals surface area contributed by atoms with Crippen LogP contribution in [0, 0.1) is 0 Å². The molecule has 4 heavy (non-hydrogen) atoms. The molecule has 0 fully saturated rings. The molecule has 0 rings (SSSR count). The van der Waals surface area contributed by atoms with Crippen LogP contribution in [0.4, 0.5) is 0 Å². The zero-order valence-corrected chi connectivity index (χ0v) is 4.84. The molecule has 0 aromatic carbocycles. The Morgan fingerprint density at radius 2 is 0.750 bits per heavy atom. The van der Waals surface area contributed by atoms with Crippen LogP contribution in [0.2, 0.25) is 0 Å². The second-order valence-corrected chi connectivity index (χ2v) is 0. The predicted octanol–water partition coefficient (Wildman–Crippen LogP) is -0.243. The Balaban J connectivity index is 0. The van der Waals surface area contributed by atoms with E-state index < -0.39 is 0 Å². The van der Waals surface area contributed by atoms with Crippen molar-refractivity contribution in [2.45, 2.75) is 0 Å². The molecule has 4 heteroatoms. The van der Waals surface area contributed by atoms with Gasteiger partial charge >= 0.3 is 39.4 Å². The molecule has 0 atom stereocenters. The van der Waals surface area contributed by atoms with Crippen molar-refractivity contribution in [3.63, 3.8) is 0 Å². The summed E-state index contributed by atoms with van der Waals surface area (Å²) in [6.45, 7) is 0. The monoisotopic (exact) mass is 284 g/mol. The average Bonchev–Trinajstić information content (AvgIpc) is 0. The summed E-state index contributed by atoms with van der Waals surface area (Å²) in [6, 6.07) is 0. The maximum atomic E-state index is 0. The minimum Gasteiger partial charge on any atom is -2.00 e. The smallest absolute Gasteiger partial charge is 2.00 e. The third-order valence-corrected chi connectivity index (χ3v) is 0. The van der Waals surface area contributed by atoms with Gasteiger partial charge in [-0.25, -0.2) is 0 Å². The molecule has 0 aromatic rings. The Bertz CT molecular complexity index is 6.00. The summed E-state index contributed by atoms with van der Waals surface area (Å²) in [7, 11) is 0. The van der Waals surface area contributed by atoms with E-state index in [2.05, 4.69) is 0 Å². The van der Waals surface area contributed by atoms with Crippen LogP contribution in [0.15, 0.2) is 0 Å². The van der Waals surface area contributed by atoms with Gasteiger partial charge in [-0.1, -0.05) is 0 Å². The fourth-order valence-corrected chi connectivity index (χ4v) is 0. The molecule has 0 saturated heterocycles. The minimum absolute atomic E-state index is 0. The molecular weight excluding hydrogens is 284 g/mol. The van der Waals surface area contributed by atoms with Gasteiger partial charge in [-0.05, 0) is 0 Å². The molecule has 1 radical (unpaired) electrons. The Morgan fingerprint density at radius 1 is 0.750 bits per heavy atom. The van der Waals surface area contributed by atoms with Crippen molar-refractivity contribution in [2.75, 3.05) is 0 Å². The van der Waals surface area contributed by atoms with Crippen molar-refractivity contribution in [1.82, 2.24) is 0 Å². The van der Waals surface area contributed by atoms with Crippen LogP contribution in [0.5, 0.6) is 0 Å². The maximum Gasteiger partial charge on any atom is 3.00 e. The van der Waals surface area contributed by atoms with Gasteiger partial charge in [0.2, 0.25) is 0 Å². The fourth-order valence-electron chi connectivity index (χ4n) is 0. The van der Waals surface area contributed by atoms with Crippen molar-refractivity contribution >= 4 is 0 Å². The zero-order chi connectivity index (χ0) is 0. The molecule has 29 valence electrons. The summed E-state index contributed by atoms with van der Waals surface area (Å²) in [6.07, 6.45) is 0. The molecule has 2 nitrogen and oxygen atoms in total. The SMILES string of the molecule is [Au+3].[Mn+2].[O-2].[O-2]. The van der Waals surface area contributed by atoms with Crippen molar-refractivity contribution in [2.24, 2.45) is 0 Å². The second kappa shape index (κ2) is 30.4. The summed E-state index contributed by atoms with van der Waals surface area (Å²) in [5, 5.41) is 0. The van der Waals surface area contributed by atoms with E-state index in [1.165, 1.54) is 0 Å². The maximum absolute atomic E-state index is 0. The average molecular weight is 284 g/mol. The van der Waals surface area contributed by atoms with Gasteiger partial charge in [0, 0.05) is 0 Å². The fraction of sp³-hybridized carbons (Fsp3) is 0. The molecule has 0 N–H and O–H groups in total. The van der Waals surface area contributed by atoms with Crippen LogP contribution in [-0.2, 0) is 50.4 Å². The Labute approximate surface area is 50.6 Å². The van der Waals surface area contributed by atoms with Crippen LogP contribution < -0.4 is 0 Å². The molecule has 0 aliphatic heterocycles. The zero-order valence-electron chi connectivity index (χ0n) is 1.50. The normalized spacial score (nSPS) is 0. The van der Waals surface area contributed by atoms with Gasteiger partial charge < -0.3 is 11.0 Å². The van der Waals surface area contributed by atoms with Crippen molar-refractivity contribution in [3.8, 4) is 0 Å². The molecule has 0 aliphatic carbocycles. The molecule has 0 aliphatic rings. The number of hydrogen-bond acceptors (Lipinski definition) is 0. The summed E-state index contributed by atoms with van der Waals surface area (Å²) in [5.41, 5.74) is 0. The van der Waals surface area contributed by atoms with Crippen LogP contribution in [0.3, 0.4) is 0 Å². The first-order valence-corrected chi connectivity index (χ1v) is 0. The molecule has 0 saturated carbocycles. The minimum atomic E-state index is 0. The van der Waals surface area contributed by atoms with E-state index in [1.54, 1.807) is 0 Å². The van der Waals surface area contributed by atoms with Gasteiger partial charge in [0.15, 0.2) is 0 Å². The van der Waals surface area contributed by atoms with E-state index in [-0.39, 0.29) is 50.4 Å². The molecule has 0 bridgehead atoms. The van der Waals surface area contributed by atoms with Crippen LogP contribution >= 0.6 is 0 Å². The van der Waals surface area contributed by atoms with Gasteiger partial charge in [-0.3, -0.25) is 0 Å². The second-order valence-electron chi connectivity index (χ2n) is 0. The van der Waals surface area contributed by atoms with E-state index in [1.807, 2.05) is 0 Å². The van der Waals surface area contributed by atoms with Crippen molar-refractivity contribution in [1.29, 1.82) is 0 Å². The molecule has 0 spiro atoms. The molecule has 0 amide bonds. The third-order valence-electron chi connectivity index (χ3n) is 0. The Kier molecular flexibility index (Phi) is 494. The standard InChI is InChI=1S/Au.Mn.2O/q+3;+2;2*-2. The first-order chi connectivity index (χ1) is 0. The molecular formula is AuMnO2+. The van der Waals surface area contributed by atoms with Crippen molar-refractivity contribution in [3.05, 3.63) is 0 Å². The quantitative estimate of drug-likeness (QED) is 0.551. The molecule has 0 unspecified atom stereocenters. The van der Waals surface area contributed by atoms with Crippen LogP contribution in [0.25, 0.3) is 0 Å². The van der Waals surface area contributed by atoms with E-state index in [4.69, 9.17) is 0 Å². The van der Waals surface area contributed by atoms with E-state index in [0.717, 1.165) is 0 Å². The summed E-state index contributed by atoms with van der Waals surface area (Å²) in [5.74, 6) is 0. The Morgan fingerprint density at radius 3 is 0.750 bits per heavy atom. The van der Waals surface area contributed by atoms with Gasteiger partial charge in [0.05, 0.1) is 0 Å². The van der Waals surface area contributed by atoms with Crippen LogP contribution in [-0.4, -0.2) is 0 Å². The van der Waals surface area contributed by atoms with Crippen molar-refractivity contribution < 1.29 is 50.4 Å². The first-order valence-electron chi connectivity index (χ1n) is 0. The van der Waals surface area contributed by atoms with Gasteiger partial charge in [-0.2, -0.15) is 0 Å². The number of hydrogen-bond donors (Lipinski definition) is 0. The predicted molar refractivity (Wildman–Crippen MR) is 1.37 cm³/mol. The van der Waals surface area contributed by atoms with E-state index >= 15 is 0 Å². The topological polar surface area (TPSA) is 57.0 Å². The van der Waals surface area contributed by atoms with Gasteiger partial charge in [-0.15, -0.1) is 0 Å². The summed E-state index contributed by atoms with van der Waals surface area (Å²) >= 11 is 0. The largest absolute Gasteiger partial charge is 3.00 e. The van der Waals surface area contributed by atoms with E-state index in [0.29, 0.717) is 0 Å².